The Bertz CT molecular complexity index is 1270. The molecule has 0 aliphatic carbocycles. The highest BCUT2D eigenvalue weighted by molar-refractivity contribution is 7.80. The minimum atomic E-state index is -0.289. The Labute approximate surface area is 183 Å². The Balaban J connectivity index is 1.52. The average molecular weight is 436 g/mol. The van der Waals surface area contributed by atoms with Gasteiger partial charge in [0, 0.05) is 5.56 Å². The summed E-state index contributed by atoms with van der Waals surface area (Å²) in [5.41, 5.74) is 5.38. The zero-order chi connectivity index (χ0) is 21.3. The lowest BCUT2D eigenvalue weighted by atomic mass is 10.1. The van der Waals surface area contributed by atoms with Crippen LogP contribution in [0.2, 0.25) is 5.02 Å². The summed E-state index contributed by atoms with van der Waals surface area (Å²) in [6.45, 7) is 3.95. The fourth-order valence-electron chi connectivity index (χ4n) is 2.92. The number of amides is 1. The number of carbonyl (C=O) groups excluding carboxylic acids is 1. The van der Waals surface area contributed by atoms with E-state index in [1.807, 2.05) is 56.3 Å². The Morgan fingerprint density at radius 1 is 0.967 bits per heavy atom. The second-order valence-electron chi connectivity index (χ2n) is 6.85. The van der Waals surface area contributed by atoms with Crippen LogP contribution >= 0.6 is 23.8 Å². The lowest BCUT2D eigenvalue weighted by Gasteiger charge is -2.11. The Morgan fingerprint density at radius 2 is 1.67 bits per heavy atom. The third kappa shape index (κ3) is 4.17. The molecule has 150 valence electrons. The van der Waals surface area contributed by atoms with Gasteiger partial charge in [0.15, 0.2) is 5.11 Å². The number of carbonyl (C=O) groups is 1. The summed E-state index contributed by atoms with van der Waals surface area (Å²) in [7, 11) is 0. The highest BCUT2D eigenvalue weighted by atomic mass is 35.5. The van der Waals surface area contributed by atoms with Crippen molar-refractivity contribution in [3.05, 3.63) is 82.4 Å². The average Bonchev–Trinajstić information content (AvgIpc) is 3.13. The molecule has 0 bridgehead atoms. The van der Waals surface area contributed by atoms with Gasteiger partial charge in [-0.3, -0.25) is 10.1 Å². The fourth-order valence-corrected chi connectivity index (χ4v) is 3.33. The van der Waals surface area contributed by atoms with E-state index in [-0.39, 0.29) is 11.0 Å². The number of fused-ring (bicyclic) bond motifs is 1. The van der Waals surface area contributed by atoms with Crippen LogP contribution in [0, 0.1) is 13.8 Å². The maximum Gasteiger partial charge on any atom is 0.257 e. The number of thiocarbonyl (C=S) groups is 1. The SMILES string of the molecule is Cc1ccc(C(=O)NC(=S)Nc2cc3nn(-c4ccccc4)nc3cc2Cl)cc1C. The molecular weight excluding hydrogens is 418 g/mol. The van der Waals surface area contributed by atoms with Crippen LogP contribution in [0.15, 0.2) is 60.7 Å². The molecule has 0 saturated carbocycles. The summed E-state index contributed by atoms with van der Waals surface area (Å²) in [5.74, 6) is -0.289. The van der Waals surface area contributed by atoms with Crippen LogP contribution in [-0.4, -0.2) is 26.0 Å². The van der Waals surface area contributed by atoms with E-state index in [1.54, 1.807) is 23.0 Å². The highest BCUT2D eigenvalue weighted by Gasteiger charge is 2.13. The van der Waals surface area contributed by atoms with E-state index in [0.717, 1.165) is 16.8 Å². The molecule has 0 aliphatic rings. The van der Waals surface area contributed by atoms with Crippen molar-refractivity contribution in [2.45, 2.75) is 13.8 Å². The maximum absolute atomic E-state index is 12.5. The van der Waals surface area contributed by atoms with Crippen molar-refractivity contribution in [3.63, 3.8) is 0 Å². The maximum atomic E-state index is 12.5. The molecule has 4 aromatic rings. The number of halogens is 1. The number of hydrogen-bond acceptors (Lipinski definition) is 4. The van der Waals surface area contributed by atoms with Crippen molar-refractivity contribution in [1.82, 2.24) is 20.3 Å². The normalized spacial score (nSPS) is 10.8. The van der Waals surface area contributed by atoms with Gasteiger partial charge in [0.2, 0.25) is 0 Å². The van der Waals surface area contributed by atoms with E-state index in [4.69, 9.17) is 23.8 Å². The Kier molecular flexibility index (Phi) is 5.48. The minimum absolute atomic E-state index is 0.148. The van der Waals surface area contributed by atoms with Crippen LogP contribution in [0.3, 0.4) is 0 Å². The van der Waals surface area contributed by atoms with E-state index < -0.39 is 0 Å². The Hall–Kier alpha value is -3.29. The lowest BCUT2D eigenvalue weighted by molar-refractivity contribution is 0.0977. The molecule has 3 aromatic carbocycles. The van der Waals surface area contributed by atoms with Crippen molar-refractivity contribution in [3.8, 4) is 5.69 Å². The summed E-state index contributed by atoms with van der Waals surface area (Å²) in [6, 6.07) is 18.5. The van der Waals surface area contributed by atoms with Gasteiger partial charge >= 0.3 is 0 Å². The van der Waals surface area contributed by atoms with Crippen molar-refractivity contribution in [2.75, 3.05) is 5.32 Å². The minimum Gasteiger partial charge on any atom is -0.331 e. The zero-order valence-electron chi connectivity index (χ0n) is 16.3. The molecule has 8 heteroatoms. The number of aryl methyl sites for hydroxylation is 2. The van der Waals surface area contributed by atoms with Crippen LogP contribution < -0.4 is 10.6 Å². The lowest BCUT2D eigenvalue weighted by Crippen LogP contribution is -2.34. The summed E-state index contributed by atoms with van der Waals surface area (Å²) in [5, 5.41) is 15.2. The first-order valence-electron chi connectivity index (χ1n) is 9.22. The highest BCUT2D eigenvalue weighted by Crippen LogP contribution is 2.27. The van der Waals surface area contributed by atoms with Crippen molar-refractivity contribution >= 4 is 51.6 Å². The molecule has 0 atom stereocenters. The van der Waals surface area contributed by atoms with E-state index in [9.17, 15) is 4.79 Å². The van der Waals surface area contributed by atoms with Crippen LogP contribution in [0.25, 0.3) is 16.7 Å². The van der Waals surface area contributed by atoms with E-state index in [2.05, 4.69) is 20.8 Å². The standard InChI is InChI=1S/C22H18ClN5OS/c1-13-8-9-15(10-14(13)2)21(29)25-22(30)24-18-12-20-19(11-17(18)23)26-28(27-20)16-6-4-3-5-7-16/h3-12H,1-2H3,(H2,24,25,29,30). The van der Waals surface area contributed by atoms with Gasteiger partial charge in [-0.05, 0) is 73.6 Å². The molecule has 0 saturated heterocycles. The molecule has 0 unspecified atom stereocenters. The number of nitrogens with one attached hydrogen (secondary N) is 2. The van der Waals surface area contributed by atoms with Crippen LogP contribution in [0.5, 0.6) is 0 Å². The first-order chi connectivity index (χ1) is 14.4. The molecule has 2 N–H and O–H groups in total. The second-order valence-corrected chi connectivity index (χ2v) is 7.67. The topological polar surface area (TPSA) is 71.8 Å². The summed E-state index contributed by atoms with van der Waals surface area (Å²) < 4.78 is 0. The predicted octanol–water partition coefficient (Wildman–Crippen LogP) is 4.82. The molecule has 0 aliphatic heterocycles. The van der Waals surface area contributed by atoms with Gasteiger partial charge in [-0.15, -0.1) is 10.2 Å². The zero-order valence-corrected chi connectivity index (χ0v) is 17.9. The summed E-state index contributed by atoms with van der Waals surface area (Å²) in [6.07, 6.45) is 0. The largest absolute Gasteiger partial charge is 0.331 e. The van der Waals surface area contributed by atoms with Crippen LogP contribution in [0.1, 0.15) is 21.5 Å². The van der Waals surface area contributed by atoms with Gasteiger partial charge in [-0.1, -0.05) is 35.9 Å². The van der Waals surface area contributed by atoms with Crippen LogP contribution in [-0.2, 0) is 0 Å². The molecule has 30 heavy (non-hydrogen) atoms. The number of para-hydroxylation sites is 1. The number of hydrogen-bond donors (Lipinski definition) is 2. The smallest absolute Gasteiger partial charge is 0.257 e. The molecule has 4 rings (SSSR count). The van der Waals surface area contributed by atoms with E-state index in [0.29, 0.717) is 27.3 Å². The molecule has 1 aromatic heterocycles. The van der Waals surface area contributed by atoms with Crippen molar-refractivity contribution < 1.29 is 4.79 Å². The molecule has 0 radical (unpaired) electrons. The molecule has 0 fully saturated rings. The molecule has 1 heterocycles. The van der Waals surface area contributed by atoms with E-state index >= 15 is 0 Å². The first kappa shape index (κ1) is 20.0. The molecule has 0 spiro atoms. The van der Waals surface area contributed by atoms with Crippen molar-refractivity contribution in [2.24, 2.45) is 0 Å². The van der Waals surface area contributed by atoms with Crippen LogP contribution in [0.4, 0.5) is 5.69 Å². The third-order valence-corrected chi connectivity index (χ3v) is 5.22. The number of benzene rings is 3. The van der Waals surface area contributed by atoms with Gasteiger partial charge in [-0.2, -0.15) is 4.80 Å². The molecular formula is C22H18ClN5OS. The van der Waals surface area contributed by atoms with Crippen molar-refractivity contribution in [1.29, 1.82) is 0 Å². The van der Waals surface area contributed by atoms with Gasteiger partial charge < -0.3 is 5.32 Å². The number of nitrogens with zero attached hydrogens (tertiary/aromatic N) is 3. The monoisotopic (exact) mass is 435 g/mol. The fraction of sp³-hybridized carbons (Fsp3) is 0.0909. The third-order valence-electron chi connectivity index (χ3n) is 4.70. The number of aromatic nitrogens is 3. The summed E-state index contributed by atoms with van der Waals surface area (Å²) >= 11 is 11.7. The first-order valence-corrected chi connectivity index (χ1v) is 10.0. The molecule has 1 amide bonds. The van der Waals surface area contributed by atoms with Gasteiger partial charge in [0.05, 0.1) is 16.4 Å². The van der Waals surface area contributed by atoms with E-state index in [1.165, 1.54) is 0 Å². The molecule has 6 nitrogen and oxygen atoms in total. The Morgan fingerprint density at radius 3 is 2.37 bits per heavy atom. The second kappa shape index (κ2) is 8.22. The van der Waals surface area contributed by atoms with Gasteiger partial charge in [0.1, 0.15) is 11.0 Å². The number of rotatable bonds is 3. The quantitative estimate of drug-likeness (QED) is 0.451. The number of anilines is 1. The van der Waals surface area contributed by atoms with Gasteiger partial charge in [0.25, 0.3) is 5.91 Å². The predicted molar refractivity (Wildman–Crippen MR) is 123 cm³/mol. The van der Waals surface area contributed by atoms with Gasteiger partial charge in [-0.25, -0.2) is 0 Å². The summed E-state index contributed by atoms with van der Waals surface area (Å²) in [4.78, 5) is 14.0.